The van der Waals surface area contributed by atoms with Crippen LogP contribution in [-0.4, -0.2) is 60.4 Å². The maximum absolute atomic E-state index is 6.01. The lowest BCUT2D eigenvalue weighted by atomic mass is 10.1. The highest BCUT2D eigenvalue weighted by Crippen LogP contribution is 2.27. The van der Waals surface area contributed by atoms with E-state index in [0.717, 1.165) is 32.8 Å². The maximum atomic E-state index is 6.01. The smallest absolute Gasteiger partial charge is 0.228 e. The summed E-state index contributed by atoms with van der Waals surface area (Å²) in [5, 5.41) is 0. The summed E-state index contributed by atoms with van der Waals surface area (Å²) in [6.45, 7) is 4.40. The zero-order chi connectivity index (χ0) is 16.4. The van der Waals surface area contributed by atoms with Gasteiger partial charge in [0.2, 0.25) is 11.8 Å². The molecule has 3 heterocycles. The third-order valence-electron chi connectivity index (χ3n) is 4.75. The first kappa shape index (κ1) is 15.4. The van der Waals surface area contributed by atoms with Gasteiger partial charge in [-0.1, -0.05) is 30.3 Å². The van der Waals surface area contributed by atoms with Gasteiger partial charge in [0, 0.05) is 38.4 Å². The molecule has 2 aromatic rings. The van der Waals surface area contributed by atoms with E-state index in [4.69, 9.17) is 9.47 Å². The molecule has 0 unspecified atom stereocenters. The predicted molar refractivity (Wildman–Crippen MR) is 91.2 cm³/mol. The Balaban J connectivity index is 1.49. The Morgan fingerprint density at radius 1 is 1.21 bits per heavy atom. The lowest BCUT2D eigenvalue weighted by Gasteiger charge is -2.36. The van der Waals surface area contributed by atoms with Crippen LogP contribution >= 0.6 is 0 Å². The molecule has 126 valence electrons. The van der Waals surface area contributed by atoms with Crippen molar-refractivity contribution in [2.45, 2.75) is 18.7 Å². The first-order chi connectivity index (χ1) is 11.8. The van der Waals surface area contributed by atoms with E-state index in [1.54, 1.807) is 19.4 Å². The molecule has 0 saturated carbocycles. The normalized spacial score (nSPS) is 24.0. The fourth-order valence-corrected chi connectivity index (χ4v) is 3.53. The number of nitrogens with zero attached hydrogens (tertiary/aromatic N) is 4. The van der Waals surface area contributed by atoms with Gasteiger partial charge in [-0.05, 0) is 5.56 Å². The molecule has 6 heteroatoms. The second kappa shape index (κ2) is 6.75. The molecule has 24 heavy (non-hydrogen) atoms. The number of ether oxygens (including phenoxy) is 2. The average Bonchev–Trinajstić information content (AvgIpc) is 3.08. The van der Waals surface area contributed by atoms with Crippen molar-refractivity contribution in [3.8, 4) is 5.88 Å². The summed E-state index contributed by atoms with van der Waals surface area (Å²) in [6, 6.07) is 12.8. The van der Waals surface area contributed by atoms with Gasteiger partial charge in [-0.15, -0.1) is 0 Å². The fraction of sp³-hybridized carbons (Fsp3) is 0.444. The van der Waals surface area contributed by atoms with E-state index in [2.05, 4.69) is 50.1 Å². The van der Waals surface area contributed by atoms with Gasteiger partial charge in [0.25, 0.3) is 0 Å². The van der Waals surface area contributed by atoms with Gasteiger partial charge in [0.1, 0.15) is 0 Å². The Morgan fingerprint density at radius 3 is 2.92 bits per heavy atom. The summed E-state index contributed by atoms with van der Waals surface area (Å²) in [4.78, 5) is 13.6. The molecule has 0 amide bonds. The summed E-state index contributed by atoms with van der Waals surface area (Å²) >= 11 is 0. The Labute approximate surface area is 142 Å². The molecule has 2 aliphatic rings. The molecule has 0 bridgehead atoms. The van der Waals surface area contributed by atoms with Gasteiger partial charge in [-0.3, -0.25) is 4.90 Å². The molecule has 4 rings (SSSR count). The van der Waals surface area contributed by atoms with Gasteiger partial charge in [-0.2, -0.15) is 4.98 Å². The van der Waals surface area contributed by atoms with Gasteiger partial charge in [0.05, 0.1) is 25.9 Å². The van der Waals surface area contributed by atoms with E-state index in [0.29, 0.717) is 17.9 Å². The highest BCUT2D eigenvalue weighted by atomic mass is 16.5. The Kier molecular flexibility index (Phi) is 4.32. The molecule has 0 N–H and O–H groups in total. The summed E-state index contributed by atoms with van der Waals surface area (Å²) < 4.78 is 11.2. The Morgan fingerprint density at radius 2 is 2.08 bits per heavy atom. The van der Waals surface area contributed by atoms with Crippen molar-refractivity contribution in [3.63, 3.8) is 0 Å². The molecule has 1 aromatic heterocycles. The average molecular weight is 326 g/mol. The van der Waals surface area contributed by atoms with Crippen molar-refractivity contribution < 1.29 is 9.47 Å². The summed E-state index contributed by atoms with van der Waals surface area (Å²) in [7, 11) is 1.63. The third kappa shape index (κ3) is 3.07. The van der Waals surface area contributed by atoms with Gasteiger partial charge < -0.3 is 14.4 Å². The predicted octanol–water partition coefficient (Wildman–Crippen LogP) is 1.57. The minimum atomic E-state index is 0.206. The second-order valence-corrected chi connectivity index (χ2v) is 6.24. The van der Waals surface area contributed by atoms with Crippen LogP contribution in [0.1, 0.15) is 5.56 Å². The number of anilines is 1. The van der Waals surface area contributed by atoms with Crippen molar-refractivity contribution in [3.05, 3.63) is 48.2 Å². The molecule has 2 aliphatic heterocycles. The quantitative estimate of drug-likeness (QED) is 0.850. The van der Waals surface area contributed by atoms with Crippen LogP contribution in [0.2, 0.25) is 0 Å². The summed E-state index contributed by atoms with van der Waals surface area (Å²) in [5.41, 5.74) is 1.34. The standard InChI is InChI=1S/C18H22N4O2/c1-23-17-7-8-19-18(20-17)22-12-15-16(13-22)24-10-9-21(15)11-14-5-3-2-4-6-14/h2-8,15-16H,9-13H2,1H3/t15-,16-/m0/s1. The largest absolute Gasteiger partial charge is 0.481 e. The van der Waals surface area contributed by atoms with Crippen LogP contribution in [0.15, 0.2) is 42.6 Å². The molecule has 0 spiro atoms. The minimum Gasteiger partial charge on any atom is -0.481 e. The first-order valence-electron chi connectivity index (χ1n) is 8.35. The lowest BCUT2D eigenvalue weighted by molar-refractivity contribution is -0.0499. The maximum Gasteiger partial charge on any atom is 0.228 e. The van der Waals surface area contributed by atoms with Crippen molar-refractivity contribution >= 4 is 5.95 Å². The van der Waals surface area contributed by atoms with Gasteiger partial charge in [-0.25, -0.2) is 4.98 Å². The zero-order valence-electron chi connectivity index (χ0n) is 13.8. The van der Waals surface area contributed by atoms with Crippen molar-refractivity contribution in [1.29, 1.82) is 0 Å². The molecule has 0 aliphatic carbocycles. The number of aromatic nitrogens is 2. The molecule has 2 saturated heterocycles. The van der Waals surface area contributed by atoms with Crippen molar-refractivity contribution in [2.75, 3.05) is 38.3 Å². The molecular weight excluding hydrogens is 304 g/mol. The number of methoxy groups -OCH3 is 1. The topological polar surface area (TPSA) is 50.7 Å². The van der Waals surface area contributed by atoms with Crippen LogP contribution in [-0.2, 0) is 11.3 Å². The van der Waals surface area contributed by atoms with E-state index in [1.807, 2.05) is 0 Å². The number of fused-ring (bicyclic) bond motifs is 1. The monoisotopic (exact) mass is 326 g/mol. The van der Waals surface area contributed by atoms with Crippen molar-refractivity contribution in [1.82, 2.24) is 14.9 Å². The van der Waals surface area contributed by atoms with Crippen LogP contribution in [0.3, 0.4) is 0 Å². The third-order valence-corrected chi connectivity index (χ3v) is 4.75. The zero-order valence-corrected chi connectivity index (χ0v) is 13.8. The van der Waals surface area contributed by atoms with E-state index in [-0.39, 0.29) is 6.10 Å². The number of benzene rings is 1. The molecule has 2 fully saturated rings. The second-order valence-electron chi connectivity index (χ2n) is 6.24. The van der Waals surface area contributed by atoms with Crippen LogP contribution < -0.4 is 9.64 Å². The van der Waals surface area contributed by atoms with Gasteiger partial charge >= 0.3 is 0 Å². The molecule has 1 aromatic carbocycles. The van der Waals surface area contributed by atoms with E-state index >= 15 is 0 Å². The van der Waals surface area contributed by atoms with Crippen LogP contribution in [0.25, 0.3) is 0 Å². The molecule has 6 nitrogen and oxygen atoms in total. The van der Waals surface area contributed by atoms with E-state index in [9.17, 15) is 0 Å². The first-order valence-corrected chi connectivity index (χ1v) is 8.35. The highest BCUT2D eigenvalue weighted by Gasteiger charge is 2.40. The van der Waals surface area contributed by atoms with Crippen LogP contribution in [0, 0.1) is 0 Å². The number of morpholine rings is 1. The van der Waals surface area contributed by atoms with Crippen LogP contribution in [0.5, 0.6) is 5.88 Å². The molecule has 2 atom stereocenters. The van der Waals surface area contributed by atoms with E-state index < -0.39 is 0 Å². The molecule has 0 radical (unpaired) electrons. The van der Waals surface area contributed by atoms with Gasteiger partial charge in [0.15, 0.2) is 0 Å². The Bertz CT molecular complexity index is 682. The number of hydrogen-bond acceptors (Lipinski definition) is 6. The molecular formula is C18H22N4O2. The van der Waals surface area contributed by atoms with E-state index in [1.165, 1.54) is 5.56 Å². The SMILES string of the molecule is COc1ccnc(N2C[C@@H]3OCCN(Cc4ccccc4)[C@H]3C2)n1. The minimum absolute atomic E-state index is 0.206. The summed E-state index contributed by atoms with van der Waals surface area (Å²) in [5.74, 6) is 1.31. The Hall–Kier alpha value is -2.18. The number of hydrogen-bond donors (Lipinski definition) is 0. The fourth-order valence-electron chi connectivity index (χ4n) is 3.53. The number of rotatable bonds is 4. The van der Waals surface area contributed by atoms with Crippen molar-refractivity contribution in [2.24, 2.45) is 0 Å². The summed E-state index contributed by atoms with van der Waals surface area (Å²) in [6.07, 6.45) is 1.95. The lowest BCUT2D eigenvalue weighted by Crippen LogP contribution is -2.50. The van der Waals surface area contributed by atoms with Crippen LogP contribution in [0.4, 0.5) is 5.95 Å². The highest BCUT2D eigenvalue weighted by molar-refractivity contribution is 5.35.